The van der Waals surface area contributed by atoms with E-state index in [9.17, 15) is 9.59 Å². The molecule has 0 aliphatic rings. The van der Waals surface area contributed by atoms with Crippen LogP contribution in [-0.2, 0) is 9.53 Å². The first-order valence-corrected chi connectivity index (χ1v) is 5.61. The van der Waals surface area contributed by atoms with Crippen LogP contribution in [0.3, 0.4) is 0 Å². The largest absolute Gasteiger partial charge is 0.378 e. The highest BCUT2D eigenvalue weighted by Gasteiger charge is 2.08. The first-order valence-electron chi connectivity index (χ1n) is 5.61. The van der Waals surface area contributed by atoms with Crippen LogP contribution in [0.25, 0.3) is 0 Å². The number of hydrogen-bond donors (Lipinski definition) is 1. The number of rotatable bonds is 6. The van der Waals surface area contributed by atoms with E-state index in [2.05, 4.69) is 10.1 Å². The van der Waals surface area contributed by atoms with Crippen molar-refractivity contribution in [2.24, 2.45) is 0 Å². The van der Waals surface area contributed by atoms with E-state index in [-0.39, 0.29) is 24.8 Å². The molecular formula is C13H18N2O3. The highest BCUT2D eigenvalue weighted by atomic mass is 16.5. The number of nitrogens with one attached hydrogen (secondary N) is 1. The van der Waals surface area contributed by atoms with Crippen molar-refractivity contribution in [1.29, 1.82) is 0 Å². The van der Waals surface area contributed by atoms with E-state index < -0.39 is 0 Å². The third kappa shape index (κ3) is 4.18. The molecule has 0 heterocycles. The van der Waals surface area contributed by atoms with Crippen LogP contribution in [0.2, 0.25) is 0 Å². The summed E-state index contributed by atoms with van der Waals surface area (Å²) in [5.41, 5.74) is 1.60. The minimum atomic E-state index is -0.296. The van der Waals surface area contributed by atoms with Gasteiger partial charge in [-0.1, -0.05) is 0 Å². The van der Waals surface area contributed by atoms with Gasteiger partial charge in [0, 0.05) is 32.5 Å². The van der Waals surface area contributed by atoms with Gasteiger partial charge in [0.25, 0.3) is 0 Å². The molecule has 0 bridgehead atoms. The van der Waals surface area contributed by atoms with E-state index in [1.165, 1.54) is 7.11 Å². The van der Waals surface area contributed by atoms with Gasteiger partial charge in [0.1, 0.15) is 6.61 Å². The summed E-state index contributed by atoms with van der Waals surface area (Å²) in [4.78, 5) is 24.8. The molecule has 0 aliphatic heterocycles. The van der Waals surface area contributed by atoms with Gasteiger partial charge in [0.15, 0.2) is 5.78 Å². The number of Topliss-reactive ketones (excluding diaryl/α,β-unsaturated/α-hetero) is 1. The molecular weight excluding hydrogens is 232 g/mol. The SMILES string of the molecule is COCC(=O)NCC(=O)c1ccc(N(C)C)cc1. The summed E-state index contributed by atoms with van der Waals surface area (Å²) in [7, 11) is 5.30. The van der Waals surface area contributed by atoms with Crippen LogP contribution in [0.15, 0.2) is 24.3 Å². The molecule has 1 amide bonds. The number of ether oxygens (including phenoxy) is 1. The van der Waals surface area contributed by atoms with E-state index in [1.54, 1.807) is 12.1 Å². The van der Waals surface area contributed by atoms with Crippen LogP contribution in [-0.4, -0.2) is 46.0 Å². The second kappa shape index (κ2) is 6.76. The smallest absolute Gasteiger partial charge is 0.246 e. The Morgan fingerprint density at radius 2 is 1.83 bits per heavy atom. The molecule has 1 N–H and O–H groups in total. The molecule has 0 unspecified atom stereocenters. The van der Waals surface area contributed by atoms with E-state index in [0.29, 0.717) is 5.56 Å². The normalized spacial score (nSPS) is 9.94. The van der Waals surface area contributed by atoms with Crippen LogP contribution in [0.1, 0.15) is 10.4 Å². The number of nitrogens with zero attached hydrogens (tertiary/aromatic N) is 1. The molecule has 98 valence electrons. The van der Waals surface area contributed by atoms with Gasteiger partial charge in [-0.3, -0.25) is 9.59 Å². The van der Waals surface area contributed by atoms with Crippen molar-refractivity contribution in [3.8, 4) is 0 Å². The van der Waals surface area contributed by atoms with Crippen LogP contribution < -0.4 is 10.2 Å². The summed E-state index contributed by atoms with van der Waals surface area (Å²) in [5, 5.41) is 2.50. The fraction of sp³-hybridized carbons (Fsp3) is 0.385. The molecule has 0 fully saturated rings. The van der Waals surface area contributed by atoms with E-state index in [1.807, 2.05) is 31.1 Å². The number of amides is 1. The maximum Gasteiger partial charge on any atom is 0.246 e. The van der Waals surface area contributed by atoms with Crippen molar-refractivity contribution in [2.75, 3.05) is 39.3 Å². The average Bonchev–Trinajstić information content (AvgIpc) is 2.36. The van der Waals surface area contributed by atoms with Gasteiger partial charge in [0.05, 0.1) is 6.54 Å². The van der Waals surface area contributed by atoms with Crippen molar-refractivity contribution in [3.63, 3.8) is 0 Å². The summed E-state index contributed by atoms with van der Waals surface area (Å²) in [6.07, 6.45) is 0. The third-order valence-electron chi connectivity index (χ3n) is 2.43. The fourth-order valence-electron chi connectivity index (χ4n) is 1.41. The Bertz CT molecular complexity index is 413. The second-order valence-electron chi connectivity index (χ2n) is 4.07. The number of carbonyl (C=O) groups is 2. The maximum absolute atomic E-state index is 11.8. The van der Waals surface area contributed by atoms with Crippen LogP contribution in [0.4, 0.5) is 5.69 Å². The van der Waals surface area contributed by atoms with E-state index in [0.717, 1.165) is 5.69 Å². The topological polar surface area (TPSA) is 58.6 Å². The summed E-state index contributed by atoms with van der Waals surface area (Å²) in [6, 6.07) is 7.23. The van der Waals surface area contributed by atoms with Gasteiger partial charge in [0.2, 0.25) is 5.91 Å². The molecule has 5 nitrogen and oxygen atoms in total. The summed E-state index contributed by atoms with van der Waals surface area (Å²) >= 11 is 0. The molecule has 1 aromatic carbocycles. The standard InChI is InChI=1S/C13H18N2O3/c1-15(2)11-6-4-10(5-7-11)12(16)8-14-13(17)9-18-3/h4-7H,8-9H2,1-3H3,(H,14,17). The lowest BCUT2D eigenvalue weighted by atomic mass is 10.1. The summed E-state index contributed by atoms with van der Waals surface area (Å²) in [5.74, 6) is -0.416. The highest BCUT2D eigenvalue weighted by Crippen LogP contribution is 2.12. The lowest BCUT2D eigenvalue weighted by Gasteiger charge is -2.12. The van der Waals surface area contributed by atoms with E-state index >= 15 is 0 Å². The molecule has 0 saturated heterocycles. The maximum atomic E-state index is 11.8. The fourth-order valence-corrected chi connectivity index (χ4v) is 1.41. The van der Waals surface area contributed by atoms with Gasteiger partial charge in [-0.2, -0.15) is 0 Å². The minimum Gasteiger partial charge on any atom is -0.378 e. The van der Waals surface area contributed by atoms with Gasteiger partial charge < -0.3 is 15.0 Å². The number of benzene rings is 1. The molecule has 18 heavy (non-hydrogen) atoms. The van der Waals surface area contributed by atoms with Crippen molar-refractivity contribution in [2.45, 2.75) is 0 Å². The van der Waals surface area contributed by atoms with Crippen LogP contribution in [0, 0.1) is 0 Å². The van der Waals surface area contributed by atoms with Crippen LogP contribution in [0.5, 0.6) is 0 Å². The van der Waals surface area contributed by atoms with Crippen molar-refractivity contribution in [1.82, 2.24) is 5.32 Å². The Morgan fingerprint density at radius 3 is 2.33 bits per heavy atom. The molecule has 0 aromatic heterocycles. The van der Waals surface area contributed by atoms with Crippen molar-refractivity contribution < 1.29 is 14.3 Å². The van der Waals surface area contributed by atoms with Gasteiger partial charge >= 0.3 is 0 Å². The predicted octanol–water partition coefficient (Wildman–Crippen LogP) is 0.698. The Kier molecular flexibility index (Phi) is 5.32. The number of anilines is 1. The summed E-state index contributed by atoms with van der Waals surface area (Å²) < 4.78 is 4.65. The average molecular weight is 250 g/mol. The molecule has 1 rings (SSSR count). The molecule has 0 saturated carbocycles. The predicted molar refractivity (Wildman–Crippen MR) is 70.0 cm³/mol. The number of methoxy groups -OCH3 is 1. The Labute approximate surface area is 107 Å². The van der Waals surface area contributed by atoms with Gasteiger partial charge in [-0.25, -0.2) is 0 Å². The zero-order valence-electron chi connectivity index (χ0n) is 10.9. The van der Waals surface area contributed by atoms with Crippen molar-refractivity contribution in [3.05, 3.63) is 29.8 Å². The van der Waals surface area contributed by atoms with Crippen molar-refractivity contribution >= 4 is 17.4 Å². The Hall–Kier alpha value is -1.88. The monoisotopic (exact) mass is 250 g/mol. The quantitative estimate of drug-likeness (QED) is 0.755. The van der Waals surface area contributed by atoms with Crippen LogP contribution >= 0.6 is 0 Å². The Balaban J connectivity index is 2.54. The van der Waals surface area contributed by atoms with E-state index in [4.69, 9.17) is 0 Å². The number of hydrogen-bond acceptors (Lipinski definition) is 4. The lowest BCUT2D eigenvalue weighted by Crippen LogP contribution is -2.32. The minimum absolute atomic E-state index is 0.0104. The van der Waals surface area contributed by atoms with Gasteiger partial charge in [-0.15, -0.1) is 0 Å². The zero-order chi connectivity index (χ0) is 13.5. The molecule has 0 atom stereocenters. The highest BCUT2D eigenvalue weighted by molar-refractivity contribution is 5.99. The molecule has 5 heteroatoms. The molecule has 0 radical (unpaired) electrons. The number of carbonyl (C=O) groups excluding carboxylic acids is 2. The zero-order valence-corrected chi connectivity index (χ0v) is 10.9. The molecule has 0 spiro atoms. The molecule has 1 aromatic rings. The third-order valence-corrected chi connectivity index (χ3v) is 2.43. The molecule has 0 aliphatic carbocycles. The first kappa shape index (κ1) is 14.2. The second-order valence-corrected chi connectivity index (χ2v) is 4.07. The van der Waals surface area contributed by atoms with Gasteiger partial charge in [-0.05, 0) is 24.3 Å². The first-order chi connectivity index (χ1) is 8.54. The Morgan fingerprint density at radius 1 is 1.22 bits per heavy atom. The number of ketones is 1. The lowest BCUT2D eigenvalue weighted by molar-refractivity contribution is -0.124. The summed E-state index contributed by atoms with van der Waals surface area (Å²) in [6.45, 7) is -0.0453.